The normalized spacial score (nSPS) is 35.0. The number of hydrogen-bond donors (Lipinski definition) is 1. The van der Waals surface area contributed by atoms with Gasteiger partial charge in [0.05, 0.1) is 11.1 Å². The molecule has 1 unspecified atom stereocenters. The predicted octanol–water partition coefficient (Wildman–Crippen LogP) is 2.49. The molecule has 0 aromatic rings. The van der Waals surface area contributed by atoms with Crippen LogP contribution >= 0.6 is 0 Å². The largest absolute Gasteiger partial charge is 0.480 e. The Bertz CT molecular complexity index is 938. The van der Waals surface area contributed by atoms with E-state index in [1.54, 1.807) is 26.8 Å². The van der Waals surface area contributed by atoms with Crippen molar-refractivity contribution in [3.8, 4) is 12.1 Å². The van der Waals surface area contributed by atoms with Crippen molar-refractivity contribution in [2.24, 2.45) is 22.2 Å². The Morgan fingerprint density at radius 2 is 1.77 bits per heavy atom. The molecule has 1 fully saturated rings. The zero-order valence-corrected chi connectivity index (χ0v) is 14.8. The number of Topliss-reactive ketones (excluding diaryl/α,β-unsaturated/α-hetero) is 1. The average Bonchev–Trinajstić information content (AvgIpc) is 2.58. The van der Waals surface area contributed by atoms with E-state index >= 15 is 0 Å². The lowest BCUT2D eigenvalue weighted by molar-refractivity contribution is -0.148. The first-order valence-corrected chi connectivity index (χ1v) is 8.35. The summed E-state index contributed by atoms with van der Waals surface area (Å²) in [4.78, 5) is 37.2. The van der Waals surface area contributed by atoms with Gasteiger partial charge in [0.25, 0.3) is 0 Å². The molecule has 132 valence electrons. The molecule has 0 bridgehead atoms. The van der Waals surface area contributed by atoms with Gasteiger partial charge >= 0.3 is 5.97 Å². The minimum absolute atomic E-state index is 0.0154. The first kappa shape index (κ1) is 17.8. The Hall–Kier alpha value is -2.99. The third-order valence-corrected chi connectivity index (χ3v) is 6.31. The molecule has 0 spiro atoms. The molecule has 26 heavy (non-hydrogen) atoms. The maximum absolute atomic E-state index is 12.7. The zero-order valence-electron chi connectivity index (χ0n) is 14.8. The van der Waals surface area contributed by atoms with Crippen LogP contribution in [-0.2, 0) is 14.4 Å². The summed E-state index contributed by atoms with van der Waals surface area (Å²) in [6.07, 6.45) is 4.62. The van der Waals surface area contributed by atoms with Gasteiger partial charge in [-0.15, -0.1) is 0 Å². The van der Waals surface area contributed by atoms with Gasteiger partial charge in [-0.1, -0.05) is 26.8 Å². The molecular weight excluding hydrogens is 332 g/mol. The summed E-state index contributed by atoms with van der Waals surface area (Å²) >= 11 is 0. The van der Waals surface area contributed by atoms with Crippen molar-refractivity contribution in [1.29, 1.82) is 10.5 Å². The van der Waals surface area contributed by atoms with Crippen LogP contribution in [0.15, 0.2) is 34.9 Å². The summed E-state index contributed by atoms with van der Waals surface area (Å²) in [6.45, 7) is 5.31. The minimum Gasteiger partial charge on any atom is -0.480 e. The lowest BCUT2D eigenvalue weighted by Crippen LogP contribution is -2.55. The maximum Gasteiger partial charge on any atom is 0.317 e. The average molecular weight is 350 g/mol. The number of rotatable bonds is 1. The molecule has 0 aliphatic heterocycles. The molecule has 0 heterocycles. The summed E-state index contributed by atoms with van der Waals surface area (Å²) in [6, 6.07) is 3.70. The third-order valence-electron chi connectivity index (χ3n) is 6.31. The molecule has 0 aromatic carbocycles. The molecule has 1 N–H and O–H groups in total. The van der Waals surface area contributed by atoms with E-state index in [-0.39, 0.29) is 29.3 Å². The Morgan fingerprint density at radius 3 is 2.31 bits per heavy atom. The van der Waals surface area contributed by atoms with Gasteiger partial charge in [-0.3, -0.25) is 14.4 Å². The van der Waals surface area contributed by atoms with Crippen LogP contribution in [0.5, 0.6) is 0 Å². The summed E-state index contributed by atoms with van der Waals surface area (Å²) < 4.78 is 0. The number of aliphatic carboxylic acids is 1. The molecule has 3 aliphatic rings. The molecule has 6 heteroatoms. The predicted molar refractivity (Wildman–Crippen MR) is 90.2 cm³/mol. The van der Waals surface area contributed by atoms with E-state index in [4.69, 9.17) is 0 Å². The molecule has 0 aromatic heterocycles. The maximum atomic E-state index is 12.7. The molecular formula is C20H18N2O4. The fourth-order valence-corrected chi connectivity index (χ4v) is 5.05. The molecule has 0 saturated heterocycles. The van der Waals surface area contributed by atoms with Crippen molar-refractivity contribution >= 4 is 17.5 Å². The molecule has 3 aliphatic carbocycles. The van der Waals surface area contributed by atoms with E-state index in [9.17, 15) is 30.0 Å². The third kappa shape index (κ3) is 1.99. The van der Waals surface area contributed by atoms with Crippen LogP contribution in [0.3, 0.4) is 0 Å². The van der Waals surface area contributed by atoms with E-state index in [0.29, 0.717) is 12.0 Å². The van der Waals surface area contributed by atoms with Crippen LogP contribution < -0.4 is 0 Å². The molecule has 3 rings (SSSR count). The van der Waals surface area contributed by atoms with Gasteiger partial charge in [0.1, 0.15) is 17.6 Å². The fraction of sp³-hybridized carbons (Fsp3) is 0.450. The Labute approximate surface area is 151 Å². The summed E-state index contributed by atoms with van der Waals surface area (Å²) in [5, 5.41) is 28.6. The van der Waals surface area contributed by atoms with Crippen molar-refractivity contribution in [1.82, 2.24) is 0 Å². The monoisotopic (exact) mass is 350 g/mol. The van der Waals surface area contributed by atoms with Gasteiger partial charge in [0.2, 0.25) is 0 Å². The van der Waals surface area contributed by atoms with Gasteiger partial charge < -0.3 is 5.11 Å². The molecule has 3 atom stereocenters. The quantitative estimate of drug-likeness (QED) is 0.776. The topological polar surface area (TPSA) is 119 Å². The van der Waals surface area contributed by atoms with E-state index in [1.165, 1.54) is 18.2 Å². The zero-order chi connectivity index (χ0) is 19.5. The summed E-state index contributed by atoms with van der Waals surface area (Å²) in [5.41, 5.74) is -3.12. The highest BCUT2D eigenvalue weighted by molar-refractivity contribution is 6.11. The summed E-state index contributed by atoms with van der Waals surface area (Å²) in [5.74, 6) is -2.18. The van der Waals surface area contributed by atoms with E-state index < -0.39 is 28.0 Å². The van der Waals surface area contributed by atoms with Gasteiger partial charge in [-0.2, -0.15) is 10.5 Å². The van der Waals surface area contributed by atoms with Crippen molar-refractivity contribution < 1.29 is 19.5 Å². The number of nitrogens with zero attached hydrogens (tertiary/aromatic N) is 2. The standard InChI is InChI=1S/C20H18N2O4/c1-18(2)14-4-5-20(17(25)26)8-11(9-21)13(23)6-15(20)19(14,3)7-12(10-22)16(18)24/h6-8,14H,4-5H2,1-3H3,(H,25,26)/t14-,19?,20+/m0/s1. The van der Waals surface area contributed by atoms with Crippen molar-refractivity contribution in [2.45, 2.75) is 33.6 Å². The Kier molecular flexibility index (Phi) is 3.60. The molecule has 0 amide bonds. The molecule has 1 saturated carbocycles. The number of carboxylic acid groups (broad SMARTS) is 1. The minimum atomic E-state index is -1.47. The van der Waals surface area contributed by atoms with Gasteiger partial charge in [-0.05, 0) is 36.5 Å². The summed E-state index contributed by atoms with van der Waals surface area (Å²) in [7, 11) is 0. The van der Waals surface area contributed by atoms with E-state index in [1.807, 2.05) is 6.07 Å². The second-order valence-corrected chi connectivity index (χ2v) is 7.96. The van der Waals surface area contributed by atoms with Gasteiger partial charge in [0.15, 0.2) is 11.6 Å². The smallest absolute Gasteiger partial charge is 0.317 e. The SMILES string of the molecule is CC1(C)C(=O)C(C#N)=CC2(C)C3=CC(=O)C(C#N)=C[C@]3(C(=O)O)CC[C@@H]12. The van der Waals surface area contributed by atoms with Crippen molar-refractivity contribution in [2.75, 3.05) is 0 Å². The number of carbonyl (C=O) groups is 3. The van der Waals surface area contributed by atoms with Crippen LogP contribution in [-0.4, -0.2) is 22.6 Å². The van der Waals surface area contributed by atoms with Crippen LogP contribution in [0.4, 0.5) is 0 Å². The second kappa shape index (κ2) is 5.25. The van der Waals surface area contributed by atoms with Crippen LogP contribution in [0.2, 0.25) is 0 Å². The fourth-order valence-electron chi connectivity index (χ4n) is 5.05. The Balaban J connectivity index is 2.33. The highest BCUT2D eigenvalue weighted by Crippen LogP contribution is 2.63. The number of hydrogen-bond acceptors (Lipinski definition) is 5. The first-order chi connectivity index (χ1) is 12.0. The molecule has 0 radical (unpaired) electrons. The lowest BCUT2D eigenvalue weighted by Gasteiger charge is -2.56. The van der Waals surface area contributed by atoms with Gasteiger partial charge in [0, 0.05) is 10.8 Å². The van der Waals surface area contributed by atoms with E-state index in [0.717, 1.165) is 0 Å². The first-order valence-electron chi connectivity index (χ1n) is 8.35. The van der Waals surface area contributed by atoms with Crippen LogP contribution in [0.1, 0.15) is 33.6 Å². The number of allylic oxidation sites excluding steroid dienone is 4. The number of fused-ring (bicyclic) bond motifs is 3. The number of nitriles is 2. The second-order valence-electron chi connectivity index (χ2n) is 7.96. The number of ketones is 2. The van der Waals surface area contributed by atoms with Crippen LogP contribution in [0, 0.1) is 44.8 Å². The van der Waals surface area contributed by atoms with Gasteiger partial charge in [-0.25, -0.2) is 0 Å². The van der Waals surface area contributed by atoms with Crippen molar-refractivity contribution in [3.05, 3.63) is 34.9 Å². The lowest BCUT2D eigenvalue weighted by atomic mass is 9.45. The molecule has 6 nitrogen and oxygen atoms in total. The number of carbonyl (C=O) groups excluding carboxylic acids is 2. The van der Waals surface area contributed by atoms with E-state index in [2.05, 4.69) is 0 Å². The highest BCUT2D eigenvalue weighted by atomic mass is 16.4. The Morgan fingerprint density at radius 1 is 1.15 bits per heavy atom. The van der Waals surface area contributed by atoms with Crippen LogP contribution in [0.25, 0.3) is 0 Å². The van der Waals surface area contributed by atoms with Crippen molar-refractivity contribution in [3.63, 3.8) is 0 Å². The number of carboxylic acids is 1. The highest BCUT2D eigenvalue weighted by Gasteiger charge is 2.62.